The van der Waals surface area contributed by atoms with Crippen molar-refractivity contribution in [2.45, 2.75) is 0 Å². The van der Waals surface area contributed by atoms with Gasteiger partial charge in [-0.25, -0.2) is 9.97 Å². The zero-order valence-corrected chi connectivity index (χ0v) is 7.94. The lowest BCUT2D eigenvalue weighted by molar-refractivity contribution is 1.19. The van der Waals surface area contributed by atoms with Crippen LogP contribution in [-0.2, 0) is 0 Å². The van der Waals surface area contributed by atoms with Crippen LogP contribution in [0.2, 0.25) is 5.15 Å². The molecule has 0 fully saturated rings. The van der Waals surface area contributed by atoms with E-state index in [0.29, 0.717) is 10.8 Å². The van der Waals surface area contributed by atoms with Crippen LogP contribution in [0.4, 0.5) is 0 Å². The quantitative estimate of drug-likeness (QED) is 0.562. The molecule has 3 aromatic rings. The molecule has 0 spiro atoms. The van der Waals surface area contributed by atoms with Crippen molar-refractivity contribution in [1.29, 1.82) is 0 Å². The minimum atomic E-state index is 0.487. The molecule has 3 heterocycles. The largest absolute Gasteiger partial charge is 0.311 e. The minimum absolute atomic E-state index is 0.487. The Morgan fingerprint density at radius 1 is 1.14 bits per heavy atom. The van der Waals surface area contributed by atoms with Crippen LogP contribution >= 0.6 is 11.6 Å². The first-order chi connectivity index (χ1) is 6.86. The maximum absolute atomic E-state index is 6.01. The van der Waals surface area contributed by atoms with E-state index in [4.69, 9.17) is 11.6 Å². The third-order valence-corrected chi connectivity index (χ3v) is 2.47. The molecule has 0 aliphatic rings. The molecule has 0 aliphatic heterocycles. The number of hydrogen-bond donors (Lipinski definition) is 0. The monoisotopic (exact) mass is 203 g/mol. The number of nitrogens with zero attached hydrogens (tertiary/aromatic N) is 3. The normalized spacial score (nSPS) is 11.2. The zero-order chi connectivity index (χ0) is 9.54. The summed E-state index contributed by atoms with van der Waals surface area (Å²) in [5, 5.41) is 0.487. The summed E-state index contributed by atoms with van der Waals surface area (Å²) in [6.45, 7) is 0. The predicted octanol–water partition coefficient (Wildman–Crippen LogP) is 2.54. The van der Waals surface area contributed by atoms with Gasteiger partial charge in [-0.05, 0) is 24.3 Å². The maximum atomic E-state index is 6.01. The van der Waals surface area contributed by atoms with Crippen LogP contribution in [0.3, 0.4) is 0 Å². The molecule has 0 saturated heterocycles. The highest BCUT2D eigenvalue weighted by Crippen LogP contribution is 2.20. The van der Waals surface area contributed by atoms with E-state index in [1.807, 2.05) is 34.9 Å². The smallest absolute Gasteiger partial charge is 0.178 e. The molecular formula is C10H6ClN3. The topological polar surface area (TPSA) is 30.2 Å². The first-order valence-electron chi connectivity index (χ1n) is 4.23. The molecule has 14 heavy (non-hydrogen) atoms. The van der Waals surface area contributed by atoms with Crippen molar-refractivity contribution < 1.29 is 0 Å². The lowest BCUT2D eigenvalue weighted by Gasteiger charge is -2.02. The summed E-state index contributed by atoms with van der Waals surface area (Å²) in [5.41, 5.74) is 2.55. The number of hydrogen-bond acceptors (Lipinski definition) is 2. The molecule has 0 aromatic carbocycles. The van der Waals surface area contributed by atoms with Gasteiger partial charge in [0.1, 0.15) is 0 Å². The zero-order valence-electron chi connectivity index (χ0n) is 7.18. The van der Waals surface area contributed by atoms with E-state index < -0.39 is 0 Å². The van der Waals surface area contributed by atoms with E-state index in [1.165, 1.54) is 0 Å². The van der Waals surface area contributed by atoms with E-state index >= 15 is 0 Å². The summed E-state index contributed by atoms with van der Waals surface area (Å²) in [5.74, 6) is 0. The lowest BCUT2D eigenvalue weighted by atomic mass is 10.4. The van der Waals surface area contributed by atoms with Crippen LogP contribution in [0.1, 0.15) is 0 Å². The number of halogens is 1. The van der Waals surface area contributed by atoms with E-state index in [2.05, 4.69) is 9.97 Å². The SMILES string of the molecule is Clc1nc2ncccc2n2cccc12. The molecule has 68 valence electrons. The molecule has 0 atom stereocenters. The van der Waals surface area contributed by atoms with E-state index in [-0.39, 0.29) is 0 Å². The van der Waals surface area contributed by atoms with Gasteiger partial charge in [0.05, 0.1) is 11.0 Å². The summed E-state index contributed by atoms with van der Waals surface area (Å²) in [7, 11) is 0. The van der Waals surface area contributed by atoms with Crippen LogP contribution in [0.15, 0.2) is 36.7 Å². The fraction of sp³-hybridized carbons (Fsp3) is 0. The third-order valence-electron chi connectivity index (χ3n) is 2.19. The molecule has 0 bridgehead atoms. The number of aromatic nitrogens is 3. The van der Waals surface area contributed by atoms with Crippen molar-refractivity contribution in [3.05, 3.63) is 41.8 Å². The average Bonchev–Trinajstić information content (AvgIpc) is 2.67. The second kappa shape index (κ2) is 2.69. The van der Waals surface area contributed by atoms with Gasteiger partial charge in [0.25, 0.3) is 0 Å². The fourth-order valence-corrected chi connectivity index (χ4v) is 1.81. The Balaban J connectivity index is 2.66. The van der Waals surface area contributed by atoms with Gasteiger partial charge in [0.2, 0.25) is 0 Å². The molecule has 0 aliphatic carbocycles. The molecular weight excluding hydrogens is 198 g/mol. The summed E-state index contributed by atoms with van der Waals surface area (Å²) in [6, 6.07) is 7.73. The summed E-state index contributed by atoms with van der Waals surface area (Å²) in [4.78, 5) is 8.36. The average molecular weight is 204 g/mol. The molecule has 0 N–H and O–H groups in total. The Kier molecular flexibility index (Phi) is 1.49. The van der Waals surface area contributed by atoms with Crippen molar-refractivity contribution in [1.82, 2.24) is 14.4 Å². The third kappa shape index (κ3) is 0.930. The summed E-state index contributed by atoms with van der Waals surface area (Å²) < 4.78 is 1.98. The van der Waals surface area contributed by atoms with Crippen LogP contribution in [0.5, 0.6) is 0 Å². The Hall–Kier alpha value is -1.61. The van der Waals surface area contributed by atoms with Gasteiger partial charge in [-0.1, -0.05) is 11.6 Å². The highest BCUT2D eigenvalue weighted by molar-refractivity contribution is 6.33. The van der Waals surface area contributed by atoms with Gasteiger partial charge in [-0.2, -0.15) is 0 Å². The Labute approximate surface area is 85.0 Å². The maximum Gasteiger partial charge on any atom is 0.178 e. The highest BCUT2D eigenvalue weighted by Gasteiger charge is 2.05. The number of pyridine rings is 1. The number of rotatable bonds is 0. The lowest BCUT2D eigenvalue weighted by Crippen LogP contribution is -1.92. The van der Waals surface area contributed by atoms with Gasteiger partial charge in [0.15, 0.2) is 10.8 Å². The van der Waals surface area contributed by atoms with Crippen LogP contribution in [0, 0.1) is 0 Å². The van der Waals surface area contributed by atoms with E-state index in [1.54, 1.807) is 6.20 Å². The van der Waals surface area contributed by atoms with Crippen LogP contribution in [-0.4, -0.2) is 14.4 Å². The molecule has 3 aromatic heterocycles. The van der Waals surface area contributed by atoms with E-state index in [0.717, 1.165) is 11.0 Å². The van der Waals surface area contributed by atoms with Crippen molar-refractivity contribution in [3.63, 3.8) is 0 Å². The molecule has 3 rings (SSSR count). The molecule has 4 heteroatoms. The van der Waals surface area contributed by atoms with Gasteiger partial charge in [-0.15, -0.1) is 0 Å². The first kappa shape index (κ1) is 7.76. The van der Waals surface area contributed by atoms with Crippen molar-refractivity contribution in [2.24, 2.45) is 0 Å². The van der Waals surface area contributed by atoms with Gasteiger partial charge in [-0.3, -0.25) is 0 Å². The minimum Gasteiger partial charge on any atom is -0.311 e. The summed E-state index contributed by atoms with van der Waals surface area (Å²) >= 11 is 6.01. The molecule has 0 radical (unpaired) electrons. The highest BCUT2D eigenvalue weighted by atomic mass is 35.5. The van der Waals surface area contributed by atoms with Crippen molar-refractivity contribution in [2.75, 3.05) is 0 Å². The Morgan fingerprint density at radius 3 is 2.93 bits per heavy atom. The Bertz CT molecular complexity index is 615. The standard InChI is InChI=1S/C10H6ClN3/c11-9-7-4-2-6-14(7)8-3-1-5-12-10(8)13-9/h1-6H. The Morgan fingerprint density at radius 2 is 2.00 bits per heavy atom. The second-order valence-electron chi connectivity index (χ2n) is 3.01. The van der Waals surface area contributed by atoms with Crippen molar-refractivity contribution in [3.8, 4) is 0 Å². The second-order valence-corrected chi connectivity index (χ2v) is 3.37. The fourth-order valence-electron chi connectivity index (χ4n) is 1.57. The van der Waals surface area contributed by atoms with Crippen LogP contribution in [0.25, 0.3) is 16.7 Å². The van der Waals surface area contributed by atoms with Crippen LogP contribution < -0.4 is 0 Å². The van der Waals surface area contributed by atoms with Gasteiger partial charge in [0, 0.05) is 12.4 Å². The first-order valence-corrected chi connectivity index (χ1v) is 4.61. The summed E-state index contributed by atoms with van der Waals surface area (Å²) in [6.07, 6.45) is 3.66. The van der Waals surface area contributed by atoms with Gasteiger partial charge < -0.3 is 4.40 Å². The van der Waals surface area contributed by atoms with Crippen molar-refractivity contribution >= 4 is 28.3 Å². The number of fused-ring (bicyclic) bond motifs is 3. The van der Waals surface area contributed by atoms with Gasteiger partial charge >= 0.3 is 0 Å². The molecule has 3 nitrogen and oxygen atoms in total. The van der Waals surface area contributed by atoms with E-state index in [9.17, 15) is 0 Å². The molecule has 0 unspecified atom stereocenters. The predicted molar refractivity (Wildman–Crippen MR) is 55.5 cm³/mol. The molecule has 0 saturated carbocycles. The molecule has 0 amide bonds.